The topological polar surface area (TPSA) is 53.2 Å². The minimum absolute atomic E-state index is 0.221. The molecule has 1 aromatic heterocycles. The molecule has 122 valence electrons. The van der Waals surface area contributed by atoms with Gasteiger partial charge in [-0.2, -0.15) is 0 Å². The number of amides is 1. The number of benzene rings is 2. The molecule has 0 bridgehead atoms. The lowest BCUT2D eigenvalue weighted by Gasteiger charge is -2.26. The number of hydrogen-bond acceptors (Lipinski definition) is 2. The highest BCUT2D eigenvalue weighted by Crippen LogP contribution is 2.27. The Hall–Kier alpha value is -2.59. The van der Waals surface area contributed by atoms with Gasteiger partial charge in [0, 0.05) is 17.5 Å². The Bertz CT molecular complexity index is 965. The SMILES string of the molecule is CC(c1ccccc1Cl)N(C)C(=O)c1cc2ccccc2c(=O)[nH]1. The van der Waals surface area contributed by atoms with Gasteiger partial charge in [-0.05, 0) is 36.1 Å². The van der Waals surface area contributed by atoms with Gasteiger partial charge < -0.3 is 9.88 Å². The number of nitrogens with zero attached hydrogens (tertiary/aromatic N) is 1. The summed E-state index contributed by atoms with van der Waals surface area (Å²) >= 11 is 6.22. The Morgan fingerprint density at radius 3 is 2.54 bits per heavy atom. The highest BCUT2D eigenvalue weighted by Gasteiger charge is 2.21. The second-order valence-corrected chi connectivity index (χ2v) is 6.12. The van der Waals surface area contributed by atoms with Crippen molar-refractivity contribution in [2.24, 2.45) is 0 Å². The Balaban J connectivity index is 1.97. The molecular formula is C19H17ClN2O2. The van der Waals surface area contributed by atoms with Crippen molar-refractivity contribution in [3.63, 3.8) is 0 Å². The molecule has 0 aliphatic heterocycles. The van der Waals surface area contributed by atoms with Crippen LogP contribution in [-0.4, -0.2) is 22.8 Å². The van der Waals surface area contributed by atoms with Crippen molar-refractivity contribution in [1.82, 2.24) is 9.88 Å². The predicted octanol–water partition coefficient (Wildman–Crippen LogP) is 4.01. The number of nitrogens with one attached hydrogen (secondary N) is 1. The number of rotatable bonds is 3. The van der Waals surface area contributed by atoms with Crippen molar-refractivity contribution in [3.05, 3.63) is 81.2 Å². The van der Waals surface area contributed by atoms with E-state index in [1.807, 2.05) is 37.3 Å². The fourth-order valence-electron chi connectivity index (χ4n) is 2.71. The third-order valence-electron chi connectivity index (χ3n) is 4.24. The standard InChI is InChI=1S/C19H17ClN2O2/c1-12(14-8-5-6-10-16(14)20)22(2)19(24)17-11-13-7-3-4-9-15(13)18(23)21-17/h3-12H,1-2H3,(H,21,23). The summed E-state index contributed by atoms with van der Waals surface area (Å²) in [7, 11) is 1.70. The van der Waals surface area contributed by atoms with Gasteiger partial charge in [0.05, 0.1) is 6.04 Å². The van der Waals surface area contributed by atoms with Crippen LogP contribution in [0.15, 0.2) is 59.4 Å². The number of aromatic nitrogens is 1. The van der Waals surface area contributed by atoms with E-state index in [4.69, 9.17) is 11.6 Å². The summed E-state index contributed by atoms with van der Waals surface area (Å²) in [4.78, 5) is 29.2. The number of carbonyl (C=O) groups excluding carboxylic acids is 1. The molecule has 1 unspecified atom stereocenters. The largest absolute Gasteiger partial charge is 0.334 e. The van der Waals surface area contributed by atoms with Crippen molar-refractivity contribution in [2.45, 2.75) is 13.0 Å². The molecule has 3 aromatic rings. The summed E-state index contributed by atoms with van der Waals surface area (Å²) in [6.07, 6.45) is 0. The van der Waals surface area contributed by atoms with Gasteiger partial charge in [-0.15, -0.1) is 0 Å². The summed E-state index contributed by atoms with van der Waals surface area (Å²) in [6, 6.07) is 16.1. The molecule has 1 atom stereocenters. The number of fused-ring (bicyclic) bond motifs is 1. The molecule has 0 saturated carbocycles. The van der Waals surface area contributed by atoms with E-state index in [2.05, 4.69) is 4.98 Å². The lowest BCUT2D eigenvalue weighted by atomic mass is 10.1. The number of hydrogen-bond donors (Lipinski definition) is 1. The lowest BCUT2D eigenvalue weighted by molar-refractivity contribution is 0.0736. The average Bonchev–Trinajstić information content (AvgIpc) is 2.60. The Kier molecular flexibility index (Phi) is 4.40. The number of pyridine rings is 1. The minimum Gasteiger partial charge on any atom is -0.334 e. The van der Waals surface area contributed by atoms with Crippen LogP contribution in [0.3, 0.4) is 0 Å². The van der Waals surface area contributed by atoms with E-state index in [1.165, 1.54) is 0 Å². The van der Waals surface area contributed by atoms with Crippen LogP contribution in [0.25, 0.3) is 10.8 Å². The van der Waals surface area contributed by atoms with Gasteiger partial charge in [0.2, 0.25) is 0 Å². The van der Waals surface area contributed by atoms with E-state index < -0.39 is 0 Å². The second kappa shape index (κ2) is 6.49. The monoisotopic (exact) mass is 340 g/mol. The lowest BCUT2D eigenvalue weighted by Crippen LogP contribution is -2.31. The molecule has 1 heterocycles. The second-order valence-electron chi connectivity index (χ2n) is 5.71. The number of halogens is 1. The molecule has 0 aliphatic carbocycles. The molecular weight excluding hydrogens is 324 g/mol. The van der Waals surface area contributed by atoms with E-state index in [0.717, 1.165) is 10.9 Å². The van der Waals surface area contributed by atoms with Crippen LogP contribution in [0.5, 0.6) is 0 Å². The van der Waals surface area contributed by atoms with Gasteiger partial charge in [0.25, 0.3) is 11.5 Å². The van der Waals surface area contributed by atoms with E-state index in [0.29, 0.717) is 10.4 Å². The van der Waals surface area contributed by atoms with Crippen molar-refractivity contribution >= 4 is 28.3 Å². The van der Waals surface area contributed by atoms with Crippen LogP contribution in [-0.2, 0) is 0 Å². The van der Waals surface area contributed by atoms with Gasteiger partial charge in [0.1, 0.15) is 5.69 Å². The van der Waals surface area contributed by atoms with Crippen LogP contribution < -0.4 is 5.56 Å². The van der Waals surface area contributed by atoms with E-state index in [9.17, 15) is 9.59 Å². The van der Waals surface area contributed by atoms with Crippen LogP contribution in [0.4, 0.5) is 0 Å². The Labute approximate surface area is 144 Å². The van der Waals surface area contributed by atoms with E-state index in [-0.39, 0.29) is 23.2 Å². The molecule has 0 aliphatic rings. The van der Waals surface area contributed by atoms with Gasteiger partial charge >= 0.3 is 0 Å². The first kappa shape index (κ1) is 16.3. The van der Waals surface area contributed by atoms with Gasteiger partial charge in [-0.1, -0.05) is 48.0 Å². The Morgan fingerprint density at radius 2 is 1.79 bits per heavy atom. The molecule has 3 rings (SSSR count). The first-order valence-corrected chi connectivity index (χ1v) is 8.00. The molecule has 1 amide bonds. The van der Waals surface area contributed by atoms with Gasteiger partial charge in [0.15, 0.2) is 0 Å². The summed E-state index contributed by atoms with van der Waals surface area (Å²) in [6.45, 7) is 1.90. The Morgan fingerprint density at radius 1 is 1.12 bits per heavy atom. The molecule has 0 fully saturated rings. The number of H-pyrrole nitrogens is 1. The fourth-order valence-corrected chi connectivity index (χ4v) is 3.01. The fraction of sp³-hybridized carbons (Fsp3) is 0.158. The average molecular weight is 341 g/mol. The van der Waals surface area contributed by atoms with Crippen LogP contribution in [0.1, 0.15) is 29.0 Å². The molecule has 0 spiro atoms. The highest BCUT2D eigenvalue weighted by atomic mass is 35.5. The summed E-state index contributed by atoms with van der Waals surface area (Å²) in [5.74, 6) is -0.259. The van der Waals surface area contributed by atoms with Crippen LogP contribution >= 0.6 is 11.6 Å². The van der Waals surface area contributed by atoms with E-state index in [1.54, 1.807) is 36.2 Å². The third-order valence-corrected chi connectivity index (χ3v) is 4.58. The van der Waals surface area contributed by atoms with E-state index >= 15 is 0 Å². The molecule has 0 saturated heterocycles. The van der Waals surface area contributed by atoms with Crippen molar-refractivity contribution in [1.29, 1.82) is 0 Å². The summed E-state index contributed by atoms with van der Waals surface area (Å²) in [5.41, 5.74) is 0.855. The molecule has 4 nitrogen and oxygen atoms in total. The molecule has 2 aromatic carbocycles. The van der Waals surface area contributed by atoms with Gasteiger partial charge in [-0.25, -0.2) is 0 Å². The maximum Gasteiger partial charge on any atom is 0.270 e. The zero-order valence-electron chi connectivity index (χ0n) is 13.4. The maximum absolute atomic E-state index is 12.8. The zero-order valence-corrected chi connectivity index (χ0v) is 14.2. The normalized spacial score (nSPS) is 12.1. The first-order valence-electron chi connectivity index (χ1n) is 7.62. The maximum atomic E-state index is 12.8. The molecule has 24 heavy (non-hydrogen) atoms. The van der Waals surface area contributed by atoms with Gasteiger partial charge in [-0.3, -0.25) is 9.59 Å². The summed E-state index contributed by atoms with van der Waals surface area (Å²) in [5, 5.41) is 1.91. The van der Waals surface area contributed by atoms with Crippen molar-refractivity contribution < 1.29 is 4.79 Å². The third kappa shape index (κ3) is 2.93. The van der Waals surface area contributed by atoms with Crippen molar-refractivity contribution in [2.75, 3.05) is 7.05 Å². The van der Waals surface area contributed by atoms with Crippen LogP contribution in [0, 0.1) is 0 Å². The molecule has 0 radical (unpaired) electrons. The molecule has 5 heteroatoms. The summed E-state index contributed by atoms with van der Waals surface area (Å²) < 4.78 is 0. The highest BCUT2D eigenvalue weighted by molar-refractivity contribution is 6.31. The number of carbonyl (C=O) groups is 1. The first-order chi connectivity index (χ1) is 11.5. The van der Waals surface area contributed by atoms with Crippen molar-refractivity contribution in [3.8, 4) is 0 Å². The predicted molar refractivity (Wildman–Crippen MR) is 96.5 cm³/mol. The number of aromatic amines is 1. The smallest absolute Gasteiger partial charge is 0.270 e. The molecule has 1 N–H and O–H groups in total. The quantitative estimate of drug-likeness (QED) is 0.783. The minimum atomic E-state index is -0.268. The zero-order chi connectivity index (χ0) is 17.3. The van der Waals surface area contributed by atoms with Crippen LogP contribution in [0.2, 0.25) is 5.02 Å².